The number of carbonyl (C=O) groups excluding carboxylic acids is 2. The van der Waals surface area contributed by atoms with Crippen LogP contribution in [-0.4, -0.2) is 11.6 Å². The minimum atomic E-state index is -0.00694. The van der Waals surface area contributed by atoms with Crippen molar-refractivity contribution in [2.45, 2.75) is 40.5 Å². The topological polar surface area (TPSA) is 34.1 Å². The molecule has 0 saturated heterocycles. The van der Waals surface area contributed by atoms with Gasteiger partial charge in [-0.25, -0.2) is 0 Å². The highest BCUT2D eigenvalue weighted by molar-refractivity contribution is 6.10. The number of rotatable bonds is 1. The summed E-state index contributed by atoms with van der Waals surface area (Å²) >= 11 is 0. The number of aryl methyl sites for hydroxylation is 3. The van der Waals surface area contributed by atoms with Gasteiger partial charge in [0.25, 0.3) is 0 Å². The van der Waals surface area contributed by atoms with E-state index in [0.717, 1.165) is 40.7 Å². The van der Waals surface area contributed by atoms with Crippen LogP contribution in [0.1, 0.15) is 64.5 Å². The van der Waals surface area contributed by atoms with Gasteiger partial charge in [-0.05, 0) is 78.3 Å². The van der Waals surface area contributed by atoms with Crippen LogP contribution in [-0.2, 0) is 17.6 Å². The lowest BCUT2D eigenvalue weighted by atomic mass is 9.90. The van der Waals surface area contributed by atoms with E-state index in [4.69, 9.17) is 0 Å². The summed E-state index contributed by atoms with van der Waals surface area (Å²) in [7, 11) is 0. The van der Waals surface area contributed by atoms with E-state index in [0.29, 0.717) is 11.1 Å². The van der Waals surface area contributed by atoms with E-state index in [2.05, 4.69) is 18.2 Å². The summed E-state index contributed by atoms with van der Waals surface area (Å²) in [5, 5.41) is 0. The Morgan fingerprint density at radius 2 is 1.37 bits per heavy atom. The highest BCUT2D eigenvalue weighted by Crippen LogP contribution is 2.29. The number of carbonyl (C=O) groups is 2. The van der Waals surface area contributed by atoms with Crippen molar-refractivity contribution in [2.24, 2.45) is 0 Å². The van der Waals surface area contributed by atoms with Crippen molar-refractivity contribution in [2.75, 3.05) is 0 Å². The third kappa shape index (κ3) is 4.65. The molecule has 1 aliphatic carbocycles. The Labute approximate surface area is 179 Å². The van der Waals surface area contributed by atoms with E-state index in [-0.39, 0.29) is 11.6 Å². The molecule has 0 heterocycles. The number of fused-ring (bicyclic) bond motifs is 6. The lowest BCUT2D eigenvalue weighted by molar-refractivity contribution is -0.112. The third-order valence-corrected chi connectivity index (χ3v) is 5.27. The van der Waals surface area contributed by atoms with Crippen LogP contribution in [0.15, 0.2) is 72.8 Å². The molecule has 0 spiro atoms. The zero-order valence-electron chi connectivity index (χ0n) is 18.2. The zero-order chi connectivity index (χ0) is 21.7. The van der Waals surface area contributed by atoms with Gasteiger partial charge < -0.3 is 0 Å². The number of ketones is 2. The Kier molecular flexibility index (Phi) is 6.79. The first-order chi connectivity index (χ1) is 14.5. The van der Waals surface area contributed by atoms with Crippen LogP contribution in [0, 0.1) is 6.92 Å². The quantitative estimate of drug-likeness (QED) is 0.448. The average Bonchev–Trinajstić information content (AvgIpc) is 2.77. The molecule has 2 nitrogen and oxygen atoms in total. The van der Waals surface area contributed by atoms with Crippen LogP contribution < -0.4 is 0 Å². The van der Waals surface area contributed by atoms with E-state index in [1.165, 1.54) is 5.56 Å². The van der Waals surface area contributed by atoms with Gasteiger partial charge in [0, 0.05) is 11.1 Å². The molecule has 0 amide bonds. The average molecular weight is 397 g/mol. The van der Waals surface area contributed by atoms with E-state index in [9.17, 15) is 9.59 Å². The van der Waals surface area contributed by atoms with Crippen molar-refractivity contribution < 1.29 is 9.59 Å². The molecule has 0 aliphatic heterocycles. The minimum absolute atomic E-state index is 0.00694. The third-order valence-electron chi connectivity index (χ3n) is 5.27. The first-order valence-corrected chi connectivity index (χ1v) is 10.6. The van der Waals surface area contributed by atoms with Crippen LogP contribution in [0.25, 0.3) is 5.57 Å². The smallest absolute Gasteiger partial charge is 0.193 e. The molecule has 3 aromatic rings. The summed E-state index contributed by atoms with van der Waals surface area (Å²) in [5.74, 6) is 0.00346. The Balaban J connectivity index is 0.00000124. The predicted octanol–water partition coefficient (Wildman–Crippen LogP) is 6.37. The van der Waals surface area contributed by atoms with Gasteiger partial charge in [0.1, 0.15) is 0 Å². The maximum Gasteiger partial charge on any atom is 0.193 e. The Morgan fingerprint density at radius 1 is 0.800 bits per heavy atom. The Morgan fingerprint density at radius 3 is 2.00 bits per heavy atom. The number of hydrogen-bond donors (Lipinski definition) is 0. The molecule has 0 atom stereocenters. The molecule has 152 valence electrons. The summed E-state index contributed by atoms with van der Waals surface area (Å²) in [6.07, 6.45) is 3.43. The van der Waals surface area contributed by atoms with E-state index < -0.39 is 0 Å². The molecule has 3 aromatic carbocycles. The fraction of sp³-hybridized carbons (Fsp3) is 0.214. The number of hydrogen-bond acceptors (Lipinski definition) is 2. The minimum Gasteiger partial charge on any atom is -0.295 e. The van der Waals surface area contributed by atoms with Gasteiger partial charge in [-0.3, -0.25) is 9.59 Å². The van der Waals surface area contributed by atoms with Crippen molar-refractivity contribution >= 4 is 17.1 Å². The Hall–Kier alpha value is -3.26. The molecule has 0 N–H and O–H groups in total. The lowest BCUT2D eigenvalue weighted by Crippen LogP contribution is -2.04. The van der Waals surface area contributed by atoms with Crippen LogP contribution in [0.4, 0.5) is 0 Å². The number of benzene rings is 3. The van der Waals surface area contributed by atoms with Crippen LogP contribution in [0.2, 0.25) is 0 Å². The van der Waals surface area contributed by atoms with Gasteiger partial charge in [0.2, 0.25) is 0 Å². The van der Waals surface area contributed by atoms with Crippen molar-refractivity contribution in [1.29, 1.82) is 0 Å². The standard InChI is InChI=1S/C26H22O2.C2H6/c1-17-9-12-23-16-24(17)25(13-18(2)27)21-7-3-5-19(14-21)10-11-20-6-4-8-22(15-20)26(23)28;1-2/h3-9,12-16H,10-11H2,1-2H3;1-2H3/b25-13-;. The predicted molar refractivity (Wildman–Crippen MR) is 124 cm³/mol. The lowest BCUT2D eigenvalue weighted by Gasteiger charge is -2.14. The molecule has 6 bridgehead atoms. The van der Waals surface area contributed by atoms with Crippen molar-refractivity contribution in [3.05, 3.63) is 112 Å². The monoisotopic (exact) mass is 396 g/mol. The van der Waals surface area contributed by atoms with Gasteiger partial charge in [-0.1, -0.05) is 68.4 Å². The van der Waals surface area contributed by atoms with Crippen molar-refractivity contribution in [3.8, 4) is 0 Å². The molecule has 0 saturated carbocycles. The fourth-order valence-corrected chi connectivity index (χ4v) is 3.79. The molecule has 0 fully saturated rings. The molecule has 0 unspecified atom stereocenters. The first-order valence-electron chi connectivity index (χ1n) is 10.6. The zero-order valence-corrected chi connectivity index (χ0v) is 18.2. The van der Waals surface area contributed by atoms with Crippen LogP contribution in [0.3, 0.4) is 0 Å². The van der Waals surface area contributed by atoms with E-state index >= 15 is 0 Å². The summed E-state index contributed by atoms with van der Waals surface area (Å²) in [5.41, 5.74) is 7.56. The van der Waals surface area contributed by atoms with Crippen LogP contribution in [0.5, 0.6) is 0 Å². The summed E-state index contributed by atoms with van der Waals surface area (Å²) in [4.78, 5) is 25.1. The molecular weight excluding hydrogens is 368 g/mol. The van der Waals surface area contributed by atoms with E-state index in [1.54, 1.807) is 13.0 Å². The van der Waals surface area contributed by atoms with Gasteiger partial charge in [0.05, 0.1) is 0 Å². The van der Waals surface area contributed by atoms with Crippen molar-refractivity contribution in [1.82, 2.24) is 0 Å². The molecule has 2 heteroatoms. The number of allylic oxidation sites excluding steroid dienone is 1. The van der Waals surface area contributed by atoms with Gasteiger partial charge >= 0.3 is 0 Å². The van der Waals surface area contributed by atoms with Gasteiger partial charge in [-0.15, -0.1) is 0 Å². The molecule has 4 rings (SSSR count). The van der Waals surface area contributed by atoms with Gasteiger partial charge in [-0.2, -0.15) is 0 Å². The molecule has 0 radical (unpaired) electrons. The molecule has 0 aromatic heterocycles. The second-order valence-corrected chi connectivity index (χ2v) is 7.43. The maximum absolute atomic E-state index is 13.1. The summed E-state index contributed by atoms with van der Waals surface area (Å²) in [6.45, 7) is 7.58. The second kappa shape index (κ2) is 9.49. The van der Waals surface area contributed by atoms with Gasteiger partial charge in [0.15, 0.2) is 11.6 Å². The SMILES string of the molecule is CC.CC(=O)/C=C1/c2cccc(c2)CCc2cccc(c2)C(=O)c2ccc(C)c1c2. The van der Waals surface area contributed by atoms with E-state index in [1.807, 2.05) is 69.3 Å². The summed E-state index contributed by atoms with van der Waals surface area (Å²) < 4.78 is 0. The van der Waals surface area contributed by atoms with Crippen LogP contribution >= 0.6 is 0 Å². The Bertz CT molecular complexity index is 1120. The second-order valence-electron chi connectivity index (χ2n) is 7.43. The maximum atomic E-state index is 13.1. The summed E-state index contributed by atoms with van der Waals surface area (Å²) in [6, 6.07) is 22.0. The largest absolute Gasteiger partial charge is 0.295 e. The molecule has 30 heavy (non-hydrogen) atoms. The fourth-order valence-electron chi connectivity index (χ4n) is 3.79. The van der Waals surface area contributed by atoms with Crippen molar-refractivity contribution in [3.63, 3.8) is 0 Å². The molecular formula is C28H28O2. The normalized spacial score (nSPS) is 14.0. The highest BCUT2D eigenvalue weighted by atomic mass is 16.1. The highest BCUT2D eigenvalue weighted by Gasteiger charge is 2.16. The first kappa shape index (κ1) is 21.4. The molecule has 1 aliphatic rings.